The molecule has 1 aromatic rings. The van der Waals surface area contributed by atoms with Crippen molar-refractivity contribution in [3.05, 3.63) is 29.3 Å². The van der Waals surface area contributed by atoms with Gasteiger partial charge in [-0.1, -0.05) is 20.8 Å². The number of hydrogen-bond acceptors (Lipinski definition) is 2. The Morgan fingerprint density at radius 2 is 1.90 bits per heavy atom. The summed E-state index contributed by atoms with van der Waals surface area (Å²) in [5, 5.41) is 0. The zero-order chi connectivity index (χ0) is 15.5. The van der Waals surface area contributed by atoms with Crippen molar-refractivity contribution in [2.24, 2.45) is 5.92 Å². The molecule has 7 heteroatoms. The fraction of sp³-hybridized carbons (Fsp3) is 0.538. The summed E-state index contributed by atoms with van der Waals surface area (Å²) >= 11 is 5.57. The van der Waals surface area contributed by atoms with E-state index in [-0.39, 0.29) is 30.5 Å². The SMILES string of the molecule is CCN(CC(C)C)S(=O)(=O)c1cc(CCl)cc(F)c1F. The highest BCUT2D eigenvalue weighted by Gasteiger charge is 2.29. The molecule has 0 N–H and O–H groups in total. The Bertz CT molecular complexity index is 576. The predicted molar refractivity (Wildman–Crippen MR) is 75.2 cm³/mol. The van der Waals surface area contributed by atoms with Gasteiger partial charge in [0.25, 0.3) is 0 Å². The van der Waals surface area contributed by atoms with E-state index in [1.54, 1.807) is 6.92 Å². The van der Waals surface area contributed by atoms with Crippen molar-refractivity contribution >= 4 is 21.6 Å². The summed E-state index contributed by atoms with van der Waals surface area (Å²) in [6, 6.07) is 1.99. The molecular formula is C13H18ClF2NO2S. The zero-order valence-electron chi connectivity index (χ0n) is 11.7. The molecule has 114 valence electrons. The lowest BCUT2D eigenvalue weighted by Crippen LogP contribution is -2.34. The van der Waals surface area contributed by atoms with Crippen LogP contribution in [-0.2, 0) is 15.9 Å². The zero-order valence-corrected chi connectivity index (χ0v) is 13.2. The van der Waals surface area contributed by atoms with E-state index in [0.29, 0.717) is 0 Å². The van der Waals surface area contributed by atoms with Crippen molar-refractivity contribution in [3.8, 4) is 0 Å². The molecule has 0 spiro atoms. The second-order valence-corrected chi connectivity index (χ2v) is 7.05. The lowest BCUT2D eigenvalue weighted by molar-refractivity contribution is 0.376. The van der Waals surface area contributed by atoms with Crippen LogP contribution in [0.3, 0.4) is 0 Å². The third kappa shape index (κ3) is 3.68. The molecule has 3 nitrogen and oxygen atoms in total. The van der Waals surface area contributed by atoms with Gasteiger partial charge in [0.1, 0.15) is 4.90 Å². The molecule has 0 amide bonds. The number of nitrogens with zero attached hydrogens (tertiary/aromatic N) is 1. The third-order valence-corrected chi connectivity index (χ3v) is 5.00. The van der Waals surface area contributed by atoms with Crippen molar-refractivity contribution in [2.45, 2.75) is 31.5 Å². The van der Waals surface area contributed by atoms with Gasteiger partial charge >= 0.3 is 0 Å². The maximum Gasteiger partial charge on any atom is 0.246 e. The molecule has 1 rings (SSSR count). The Hall–Kier alpha value is -0.720. The van der Waals surface area contributed by atoms with E-state index in [4.69, 9.17) is 11.6 Å². The fourth-order valence-corrected chi connectivity index (χ4v) is 3.72. The molecule has 0 heterocycles. The quantitative estimate of drug-likeness (QED) is 0.752. The first-order valence-corrected chi connectivity index (χ1v) is 8.25. The van der Waals surface area contributed by atoms with Crippen molar-refractivity contribution in [1.29, 1.82) is 0 Å². The maximum absolute atomic E-state index is 13.8. The van der Waals surface area contributed by atoms with Gasteiger partial charge in [0.05, 0.1) is 0 Å². The number of sulfonamides is 1. The highest BCUT2D eigenvalue weighted by molar-refractivity contribution is 7.89. The lowest BCUT2D eigenvalue weighted by atomic mass is 10.2. The third-order valence-electron chi connectivity index (χ3n) is 2.75. The van der Waals surface area contributed by atoms with Crippen molar-refractivity contribution < 1.29 is 17.2 Å². The normalized spacial score (nSPS) is 12.4. The number of alkyl halides is 1. The maximum atomic E-state index is 13.8. The Balaban J connectivity index is 3.37. The van der Waals surface area contributed by atoms with E-state index in [2.05, 4.69) is 0 Å². The molecule has 20 heavy (non-hydrogen) atoms. The van der Waals surface area contributed by atoms with Gasteiger partial charge in [-0.15, -0.1) is 11.6 Å². The molecule has 0 radical (unpaired) electrons. The fourth-order valence-electron chi connectivity index (χ4n) is 1.83. The van der Waals surface area contributed by atoms with Crippen LogP contribution in [0.4, 0.5) is 8.78 Å². The highest BCUT2D eigenvalue weighted by Crippen LogP contribution is 2.24. The predicted octanol–water partition coefficient (Wildman–Crippen LogP) is 3.37. The van der Waals surface area contributed by atoms with Crippen LogP contribution in [0.5, 0.6) is 0 Å². The Kier molecular flexibility index (Phi) is 5.91. The second-order valence-electron chi connectivity index (χ2n) is 4.87. The van der Waals surface area contributed by atoms with Crippen molar-refractivity contribution in [1.82, 2.24) is 4.31 Å². The van der Waals surface area contributed by atoms with E-state index >= 15 is 0 Å². The molecule has 0 aromatic heterocycles. The Labute approximate surface area is 123 Å². The minimum atomic E-state index is -4.07. The van der Waals surface area contributed by atoms with E-state index in [1.807, 2.05) is 13.8 Å². The minimum Gasteiger partial charge on any atom is -0.207 e. The second kappa shape index (κ2) is 6.83. The van der Waals surface area contributed by atoms with Crippen molar-refractivity contribution in [2.75, 3.05) is 13.1 Å². The molecular weight excluding hydrogens is 308 g/mol. The average molecular weight is 326 g/mol. The average Bonchev–Trinajstić information content (AvgIpc) is 2.38. The van der Waals surface area contributed by atoms with E-state index in [0.717, 1.165) is 16.4 Å². The lowest BCUT2D eigenvalue weighted by Gasteiger charge is -2.23. The van der Waals surface area contributed by atoms with Gasteiger partial charge < -0.3 is 0 Å². The summed E-state index contributed by atoms with van der Waals surface area (Å²) < 4.78 is 53.3. The summed E-state index contributed by atoms with van der Waals surface area (Å²) in [6.45, 7) is 5.78. The summed E-state index contributed by atoms with van der Waals surface area (Å²) in [7, 11) is -4.07. The van der Waals surface area contributed by atoms with Gasteiger partial charge in [0, 0.05) is 19.0 Å². The molecule has 0 unspecified atom stereocenters. The molecule has 1 aromatic carbocycles. The van der Waals surface area contributed by atoms with Crippen molar-refractivity contribution in [3.63, 3.8) is 0 Å². The number of halogens is 3. The van der Waals surface area contributed by atoms with E-state index in [9.17, 15) is 17.2 Å². The van der Waals surface area contributed by atoms with Gasteiger partial charge in [-0.2, -0.15) is 4.31 Å². The first-order valence-electron chi connectivity index (χ1n) is 6.28. The molecule has 0 saturated heterocycles. The van der Waals surface area contributed by atoms with Gasteiger partial charge in [-0.25, -0.2) is 17.2 Å². The first kappa shape index (κ1) is 17.3. The Morgan fingerprint density at radius 1 is 1.30 bits per heavy atom. The summed E-state index contributed by atoms with van der Waals surface area (Å²) in [6.07, 6.45) is 0. The molecule has 0 atom stereocenters. The molecule has 0 aliphatic carbocycles. The van der Waals surface area contributed by atoms with E-state index < -0.39 is 26.6 Å². The summed E-state index contributed by atoms with van der Waals surface area (Å²) in [5.74, 6) is -2.58. The van der Waals surface area contributed by atoms with Crippen LogP contribution in [0.1, 0.15) is 26.3 Å². The van der Waals surface area contributed by atoms with Crippen LogP contribution in [-0.4, -0.2) is 25.8 Å². The van der Waals surface area contributed by atoms with Crippen LogP contribution >= 0.6 is 11.6 Å². The van der Waals surface area contributed by atoms with Crippen LogP contribution in [0.15, 0.2) is 17.0 Å². The smallest absolute Gasteiger partial charge is 0.207 e. The largest absolute Gasteiger partial charge is 0.246 e. The van der Waals surface area contributed by atoms with Crippen LogP contribution < -0.4 is 0 Å². The summed E-state index contributed by atoms with van der Waals surface area (Å²) in [4.78, 5) is -0.657. The van der Waals surface area contributed by atoms with Gasteiger partial charge in [0.15, 0.2) is 11.6 Å². The molecule has 0 saturated carbocycles. The number of benzene rings is 1. The van der Waals surface area contributed by atoms with Gasteiger partial charge in [0.2, 0.25) is 10.0 Å². The minimum absolute atomic E-state index is 0.0776. The standard InChI is InChI=1S/C13H18ClF2NO2S/c1-4-17(8-9(2)3)20(18,19)12-6-10(7-14)5-11(15)13(12)16/h5-6,9H,4,7-8H2,1-3H3. The van der Waals surface area contributed by atoms with Crippen LogP contribution in [0.2, 0.25) is 0 Å². The van der Waals surface area contributed by atoms with E-state index in [1.165, 1.54) is 0 Å². The highest BCUT2D eigenvalue weighted by atomic mass is 35.5. The Morgan fingerprint density at radius 3 is 2.35 bits per heavy atom. The topological polar surface area (TPSA) is 37.4 Å². The first-order chi connectivity index (χ1) is 9.23. The number of hydrogen-bond donors (Lipinski definition) is 0. The molecule has 0 aliphatic heterocycles. The van der Waals surface area contributed by atoms with Crippen LogP contribution in [0, 0.1) is 17.6 Å². The molecule has 0 aliphatic rings. The molecule has 0 fully saturated rings. The molecule has 0 bridgehead atoms. The van der Waals surface area contributed by atoms with Gasteiger partial charge in [-0.3, -0.25) is 0 Å². The summed E-state index contributed by atoms with van der Waals surface area (Å²) in [5.41, 5.74) is 0.227. The van der Waals surface area contributed by atoms with Crippen LogP contribution in [0.25, 0.3) is 0 Å². The monoisotopic (exact) mass is 325 g/mol. The number of rotatable bonds is 6. The van der Waals surface area contributed by atoms with Gasteiger partial charge in [-0.05, 0) is 23.6 Å².